The highest BCUT2D eigenvalue weighted by molar-refractivity contribution is 5.19. The van der Waals surface area contributed by atoms with E-state index < -0.39 is 54.9 Å². The molecule has 5 atom stereocenters. The number of halogens is 4. The Morgan fingerprint density at radius 1 is 1.29 bits per heavy atom. The number of benzene rings is 1. The lowest BCUT2D eigenvalue weighted by molar-refractivity contribution is -0.205. The molecular weight excluding hydrogens is 380 g/mol. The van der Waals surface area contributed by atoms with Crippen LogP contribution in [0.2, 0.25) is 0 Å². The number of hydrogen-bond acceptors (Lipinski definition) is 5. The van der Waals surface area contributed by atoms with Gasteiger partial charge in [0.2, 0.25) is 0 Å². The summed E-state index contributed by atoms with van der Waals surface area (Å²) in [5, 5.41) is 13.6. The van der Waals surface area contributed by atoms with Crippen molar-refractivity contribution >= 4 is 0 Å². The molecule has 0 amide bonds. The molecule has 0 aliphatic carbocycles. The molecule has 0 saturated carbocycles. The molecule has 0 unspecified atom stereocenters. The van der Waals surface area contributed by atoms with E-state index in [1.54, 1.807) is 6.92 Å². The Morgan fingerprint density at radius 3 is 2.43 bits per heavy atom. The molecule has 2 rings (SSSR count). The minimum atomic E-state index is -1.22. The van der Waals surface area contributed by atoms with Gasteiger partial charge in [-0.1, -0.05) is 6.92 Å². The monoisotopic (exact) mass is 408 g/mol. The number of hydrogen-bond donors (Lipinski definition) is 3. The summed E-state index contributed by atoms with van der Waals surface area (Å²) in [6.45, 7) is 1.40. The zero-order chi connectivity index (χ0) is 20.9. The lowest BCUT2D eigenvalue weighted by Crippen LogP contribution is -2.61. The van der Waals surface area contributed by atoms with Gasteiger partial charge < -0.3 is 25.6 Å². The Hall–Kier alpha value is -1.26. The second-order valence-corrected chi connectivity index (χ2v) is 7.79. The van der Waals surface area contributed by atoms with Crippen LogP contribution in [0.1, 0.15) is 19.4 Å². The average molecular weight is 408 g/mol. The third-order valence-corrected chi connectivity index (χ3v) is 4.81. The number of ether oxygens (including phenoxy) is 2. The van der Waals surface area contributed by atoms with E-state index in [4.69, 9.17) is 15.2 Å². The van der Waals surface area contributed by atoms with Crippen molar-refractivity contribution in [2.45, 2.75) is 50.8 Å². The first kappa shape index (κ1) is 23.0. The zero-order valence-electron chi connectivity index (χ0n) is 16.0. The van der Waals surface area contributed by atoms with E-state index in [-0.39, 0.29) is 25.7 Å². The van der Waals surface area contributed by atoms with Gasteiger partial charge in [0.05, 0.1) is 44.8 Å². The van der Waals surface area contributed by atoms with Crippen molar-refractivity contribution in [2.75, 3.05) is 26.6 Å². The Bertz CT molecular complexity index is 613. The number of nitrogens with one attached hydrogen (secondary N) is 1. The van der Waals surface area contributed by atoms with Gasteiger partial charge in [-0.3, -0.25) is 8.78 Å². The lowest BCUT2D eigenvalue weighted by atomic mass is 9.95. The van der Waals surface area contributed by atoms with Crippen LogP contribution in [0.4, 0.5) is 17.6 Å². The van der Waals surface area contributed by atoms with E-state index in [0.29, 0.717) is 5.56 Å². The molecule has 1 saturated heterocycles. The number of rotatable bonds is 9. The van der Waals surface area contributed by atoms with E-state index in [1.165, 1.54) is 19.1 Å². The molecule has 1 heterocycles. The van der Waals surface area contributed by atoms with Crippen LogP contribution in [0.3, 0.4) is 0 Å². The van der Waals surface area contributed by atoms with Gasteiger partial charge in [0, 0.05) is 17.5 Å². The largest absolute Gasteiger partial charge is 0.390 e. The summed E-state index contributed by atoms with van der Waals surface area (Å²) in [7, 11) is 0. The zero-order valence-corrected chi connectivity index (χ0v) is 16.0. The van der Waals surface area contributed by atoms with Crippen molar-refractivity contribution in [3.05, 3.63) is 35.4 Å². The number of aliphatic hydroxyl groups is 1. The molecule has 4 N–H and O–H groups in total. The number of nitrogens with two attached hydrogens (primary N) is 1. The Balaban J connectivity index is 1.88. The van der Waals surface area contributed by atoms with Crippen molar-refractivity contribution in [3.63, 3.8) is 0 Å². The van der Waals surface area contributed by atoms with Crippen LogP contribution in [0, 0.1) is 17.0 Å². The van der Waals surface area contributed by atoms with Gasteiger partial charge in [-0.15, -0.1) is 0 Å². The Morgan fingerprint density at radius 2 is 1.89 bits per heavy atom. The number of alkyl halides is 2. The van der Waals surface area contributed by atoms with Crippen molar-refractivity contribution in [1.82, 2.24) is 5.32 Å². The summed E-state index contributed by atoms with van der Waals surface area (Å²) < 4.78 is 63.5. The Kier molecular flexibility index (Phi) is 8.20. The van der Waals surface area contributed by atoms with Gasteiger partial charge in [-0.05, 0) is 31.0 Å². The fourth-order valence-electron chi connectivity index (χ4n) is 3.01. The summed E-state index contributed by atoms with van der Waals surface area (Å²) in [5.74, 6) is -1.42. The van der Waals surface area contributed by atoms with E-state index >= 15 is 0 Å². The molecule has 0 bridgehead atoms. The highest BCUT2D eigenvalue weighted by Gasteiger charge is 2.36. The van der Waals surface area contributed by atoms with E-state index in [2.05, 4.69) is 5.32 Å². The van der Waals surface area contributed by atoms with Crippen molar-refractivity contribution < 1.29 is 32.1 Å². The normalized spacial score (nSPS) is 25.5. The highest BCUT2D eigenvalue weighted by Crippen LogP contribution is 2.22. The second-order valence-electron chi connectivity index (χ2n) is 7.79. The van der Waals surface area contributed by atoms with Crippen LogP contribution < -0.4 is 11.1 Å². The quantitative estimate of drug-likeness (QED) is 0.544. The van der Waals surface area contributed by atoms with Crippen molar-refractivity contribution in [3.8, 4) is 0 Å². The molecule has 1 aromatic carbocycles. The van der Waals surface area contributed by atoms with Gasteiger partial charge in [0.15, 0.2) is 6.29 Å². The molecule has 5 nitrogen and oxygen atoms in total. The third kappa shape index (κ3) is 6.12. The van der Waals surface area contributed by atoms with Crippen molar-refractivity contribution in [2.24, 2.45) is 11.1 Å². The van der Waals surface area contributed by atoms with Crippen molar-refractivity contribution in [1.29, 1.82) is 0 Å². The van der Waals surface area contributed by atoms with Gasteiger partial charge in [0.1, 0.15) is 11.6 Å². The molecule has 0 aromatic heterocycles. The molecule has 0 radical (unpaired) electrons. The number of morpholine rings is 1. The summed E-state index contributed by atoms with van der Waals surface area (Å²) in [6.07, 6.45) is -1.70. The van der Waals surface area contributed by atoms with Gasteiger partial charge in [-0.2, -0.15) is 0 Å². The minimum absolute atomic E-state index is 0.0589. The maximum absolute atomic E-state index is 13.3. The van der Waals surface area contributed by atoms with Crippen LogP contribution in [0.25, 0.3) is 0 Å². The second kappa shape index (κ2) is 9.98. The first-order chi connectivity index (χ1) is 13.2. The summed E-state index contributed by atoms with van der Waals surface area (Å²) in [5.41, 5.74) is 5.13. The highest BCUT2D eigenvalue weighted by atomic mass is 19.1. The predicted molar refractivity (Wildman–Crippen MR) is 96.2 cm³/mol. The SMILES string of the molecule is C[C@@H]1N[C@@H]([C@@H](O)[C@@H](N)Cc2cc(F)cc(F)c2)CO[C@H]1OCC(C)(CF)CF. The molecule has 1 fully saturated rings. The maximum Gasteiger partial charge on any atom is 0.172 e. The fraction of sp³-hybridized carbons (Fsp3) is 0.684. The third-order valence-electron chi connectivity index (χ3n) is 4.81. The molecule has 1 aromatic rings. The fourth-order valence-corrected chi connectivity index (χ4v) is 3.01. The lowest BCUT2D eigenvalue weighted by Gasteiger charge is -2.39. The standard InChI is InChI=1S/C19H28F4N2O3/c1-11-18(28-10-19(2,8-20)9-21)27-7-16(25-11)17(26)15(24)5-12-3-13(22)6-14(23)4-12/h3-4,6,11,15-18,25-26H,5,7-10,24H2,1-2H3/t11-,15-,16+,17-,18-/m0/s1. The molecule has 160 valence electrons. The molecule has 9 heteroatoms. The molecule has 1 aliphatic rings. The molecule has 1 aliphatic heterocycles. The van der Waals surface area contributed by atoms with Gasteiger partial charge >= 0.3 is 0 Å². The smallest absolute Gasteiger partial charge is 0.172 e. The van der Waals surface area contributed by atoms with E-state index in [9.17, 15) is 22.7 Å². The Labute approximate surface area is 162 Å². The van der Waals surface area contributed by atoms with E-state index in [1.807, 2.05) is 0 Å². The van der Waals surface area contributed by atoms with Crippen LogP contribution in [-0.2, 0) is 15.9 Å². The number of aliphatic hydroxyl groups excluding tert-OH is 1. The molecular formula is C19H28F4N2O3. The predicted octanol–water partition coefficient (Wildman–Crippen LogP) is 1.86. The summed E-state index contributed by atoms with van der Waals surface area (Å²) in [6, 6.07) is 1.42. The van der Waals surface area contributed by atoms with Crippen LogP contribution >= 0.6 is 0 Å². The maximum atomic E-state index is 13.3. The van der Waals surface area contributed by atoms with Gasteiger partial charge in [-0.25, -0.2) is 8.78 Å². The minimum Gasteiger partial charge on any atom is -0.390 e. The van der Waals surface area contributed by atoms with E-state index in [0.717, 1.165) is 6.07 Å². The molecule has 28 heavy (non-hydrogen) atoms. The van der Waals surface area contributed by atoms with Gasteiger partial charge in [0.25, 0.3) is 0 Å². The summed E-state index contributed by atoms with van der Waals surface area (Å²) >= 11 is 0. The average Bonchev–Trinajstić information content (AvgIpc) is 2.65. The van der Waals surface area contributed by atoms with Crippen LogP contribution in [0.15, 0.2) is 18.2 Å². The topological polar surface area (TPSA) is 76.7 Å². The summed E-state index contributed by atoms with van der Waals surface area (Å²) in [4.78, 5) is 0. The first-order valence-electron chi connectivity index (χ1n) is 9.17. The van der Waals surface area contributed by atoms with Crippen LogP contribution in [-0.4, -0.2) is 62.2 Å². The van der Waals surface area contributed by atoms with Crippen LogP contribution in [0.5, 0.6) is 0 Å². The molecule has 0 spiro atoms. The first-order valence-corrected chi connectivity index (χ1v) is 9.17.